The molecule has 1 aliphatic rings. The lowest BCUT2D eigenvalue weighted by Crippen LogP contribution is -2.43. The first kappa shape index (κ1) is 15.0. The lowest BCUT2D eigenvalue weighted by atomic mass is 10.2. The zero-order valence-corrected chi connectivity index (χ0v) is 12.4. The van der Waals surface area contributed by atoms with Gasteiger partial charge >= 0.3 is 6.03 Å². The van der Waals surface area contributed by atoms with Crippen molar-refractivity contribution in [1.29, 1.82) is 0 Å². The molecule has 6 heteroatoms. The van der Waals surface area contributed by atoms with Gasteiger partial charge in [-0.3, -0.25) is 4.21 Å². The first-order valence-electron chi connectivity index (χ1n) is 6.69. The van der Waals surface area contributed by atoms with Gasteiger partial charge in [0.05, 0.1) is 12.6 Å². The van der Waals surface area contributed by atoms with E-state index in [9.17, 15) is 14.1 Å². The molecule has 0 aromatic heterocycles. The molecule has 0 bridgehead atoms. The van der Waals surface area contributed by atoms with Crippen LogP contribution in [0.4, 0.5) is 4.79 Å². The summed E-state index contributed by atoms with van der Waals surface area (Å²) in [6, 6.07) is 7.16. The van der Waals surface area contributed by atoms with Gasteiger partial charge in [0.2, 0.25) is 0 Å². The summed E-state index contributed by atoms with van der Waals surface area (Å²) < 4.78 is 11.3. The molecule has 0 saturated carbocycles. The molecule has 1 aromatic rings. The summed E-state index contributed by atoms with van der Waals surface area (Å²) in [4.78, 5) is 14.5. The van der Waals surface area contributed by atoms with E-state index in [4.69, 9.17) is 0 Å². The molecule has 1 aromatic carbocycles. The van der Waals surface area contributed by atoms with Crippen molar-refractivity contribution >= 4 is 16.8 Å². The monoisotopic (exact) mass is 296 g/mol. The predicted molar refractivity (Wildman–Crippen MR) is 77.8 cm³/mol. The smallest absolute Gasteiger partial charge is 0.317 e. The molecule has 2 amide bonds. The van der Waals surface area contributed by atoms with Gasteiger partial charge in [-0.05, 0) is 30.5 Å². The first-order valence-corrected chi connectivity index (χ1v) is 8.25. The van der Waals surface area contributed by atoms with Crippen molar-refractivity contribution in [3.63, 3.8) is 0 Å². The summed E-state index contributed by atoms with van der Waals surface area (Å²) in [6.07, 6.45) is 3.44. The van der Waals surface area contributed by atoms with Crippen LogP contribution < -0.4 is 5.32 Å². The van der Waals surface area contributed by atoms with Gasteiger partial charge in [-0.1, -0.05) is 12.1 Å². The Bertz CT molecular complexity index is 490. The Kier molecular flexibility index (Phi) is 5.14. The second-order valence-corrected chi connectivity index (χ2v) is 6.31. The number of nitrogens with one attached hydrogen (secondary N) is 1. The summed E-state index contributed by atoms with van der Waals surface area (Å²) in [5.41, 5.74) is 0.965. The quantitative estimate of drug-likeness (QED) is 0.874. The van der Waals surface area contributed by atoms with E-state index < -0.39 is 10.8 Å². The van der Waals surface area contributed by atoms with Crippen molar-refractivity contribution < 1.29 is 14.1 Å². The number of urea groups is 1. The molecule has 2 N–H and O–H groups in total. The van der Waals surface area contributed by atoms with Crippen LogP contribution >= 0.6 is 0 Å². The van der Waals surface area contributed by atoms with E-state index in [1.165, 1.54) is 0 Å². The molecule has 2 atom stereocenters. The van der Waals surface area contributed by atoms with Gasteiger partial charge in [0.15, 0.2) is 0 Å². The number of aliphatic hydroxyl groups excluding tert-OH is 1. The number of carbonyl (C=O) groups is 1. The number of benzene rings is 1. The first-order chi connectivity index (χ1) is 9.61. The summed E-state index contributed by atoms with van der Waals surface area (Å²) in [6.45, 7) is 1.15. The number of carbonyl (C=O) groups excluding carboxylic acids is 1. The maximum absolute atomic E-state index is 12.0. The maximum Gasteiger partial charge on any atom is 0.317 e. The number of hydrogen-bond acceptors (Lipinski definition) is 3. The Hall–Kier alpha value is -1.40. The third kappa shape index (κ3) is 3.58. The molecule has 2 rings (SSSR count). The highest BCUT2D eigenvalue weighted by atomic mass is 32.2. The van der Waals surface area contributed by atoms with Crippen LogP contribution in [0.1, 0.15) is 18.4 Å². The third-order valence-corrected chi connectivity index (χ3v) is 4.48. The molecular formula is C14H20N2O3S. The van der Waals surface area contributed by atoms with E-state index in [0.717, 1.165) is 23.3 Å². The molecule has 1 unspecified atom stereocenters. The number of amides is 2. The van der Waals surface area contributed by atoms with Crippen LogP contribution in [-0.4, -0.2) is 45.7 Å². The van der Waals surface area contributed by atoms with E-state index in [-0.39, 0.29) is 18.7 Å². The predicted octanol–water partition coefficient (Wildman–Crippen LogP) is 1.09. The highest BCUT2D eigenvalue weighted by Gasteiger charge is 2.27. The van der Waals surface area contributed by atoms with Gasteiger partial charge in [-0.15, -0.1) is 0 Å². The zero-order chi connectivity index (χ0) is 14.5. The lowest BCUT2D eigenvalue weighted by Gasteiger charge is -2.23. The summed E-state index contributed by atoms with van der Waals surface area (Å²) in [5, 5.41) is 12.1. The molecule has 1 heterocycles. The Morgan fingerprint density at radius 1 is 1.45 bits per heavy atom. The fourth-order valence-electron chi connectivity index (χ4n) is 2.37. The molecule has 1 aliphatic heterocycles. The second-order valence-electron chi connectivity index (χ2n) is 4.93. The van der Waals surface area contributed by atoms with Crippen LogP contribution in [0.2, 0.25) is 0 Å². The van der Waals surface area contributed by atoms with Crippen molar-refractivity contribution in [3.05, 3.63) is 29.8 Å². The Labute approximate surface area is 121 Å². The van der Waals surface area contributed by atoms with E-state index in [0.29, 0.717) is 13.1 Å². The van der Waals surface area contributed by atoms with Crippen LogP contribution in [0.15, 0.2) is 29.2 Å². The highest BCUT2D eigenvalue weighted by Crippen LogP contribution is 2.16. The Morgan fingerprint density at radius 3 is 2.75 bits per heavy atom. The summed E-state index contributed by atoms with van der Waals surface area (Å²) in [5.74, 6) is 0. The van der Waals surface area contributed by atoms with Gasteiger partial charge in [-0.25, -0.2) is 4.79 Å². The normalized spacial score (nSPS) is 19.9. The molecule has 0 aliphatic carbocycles. The number of hydrogen-bond donors (Lipinski definition) is 2. The number of nitrogens with zero attached hydrogens (tertiary/aromatic N) is 1. The molecule has 5 nitrogen and oxygen atoms in total. The van der Waals surface area contributed by atoms with Crippen molar-refractivity contribution in [3.8, 4) is 0 Å². The molecule has 20 heavy (non-hydrogen) atoms. The van der Waals surface area contributed by atoms with Crippen LogP contribution in [0, 0.1) is 0 Å². The molecular weight excluding hydrogens is 276 g/mol. The summed E-state index contributed by atoms with van der Waals surface area (Å²) in [7, 11) is -0.981. The molecule has 0 spiro atoms. The van der Waals surface area contributed by atoms with Crippen molar-refractivity contribution in [2.75, 3.05) is 19.4 Å². The fourth-order valence-corrected chi connectivity index (χ4v) is 2.89. The average molecular weight is 296 g/mol. The Balaban J connectivity index is 1.88. The van der Waals surface area contributed by atoms with E-state index in [1.54, 1.807) is 11.2 Å². The summed E-state index contributed by atoms with van der Waals surface area (Å²) >= 11 is 0. The number of aliphatic hydroxyl groups is 1. The third-order valence-electron chi connectivity index (χ3n) is 3.55. The molecule has 0 radical (unpaired) electrons. The van der Waals surface area contributed by atoms with E-state index >= 15 is 0 Å². The number of rotatable bonds is 4. The number of likely N-dealkylation sites (tertiary alicyclic amines) is 1. The zero-order valence-electron chi connectivity index (χ0n) is 11.5. The minimum Gasteiger partial charge on any atom is -0.394 e. The van der Waals surface area contributed by atoms with E-state index in [1.807, 2.05) is 24.3 Å². The largest absolute Gasteiger partial charge is 0.394 e. The Morgan fingerprint density at radius 2 is 2.15 bits per heavy atom. The fraction of sp³-hybridized carbons (Fsp3) is 0.500. The van der Waals surface area contributed by atoms with Crippen molar-refractivity contribution in [1.82, 2.24) is 10.2 Å². The van der Waals surface area contributed by atoms with Gasteiger partial charge in [-0.2, -0.15) is 0 Å². The van der Waals surface area contributed by atoms with Crippen molar-refractivity contribution in [2.24, 2.45) is 0 Å². The minimum absolute atomic E-state index is 0.0183. The average Bonchev–Trinajstić information content (AvgIpc) is 2.93. The van der Waals surface area contributed by atoms with Crippen LogP contribution in [0.25, 0.3) is 0 Å². The van der Waals surface area contributed by atoms with Gasteiger partial charge in [0, 0.05) is 35.0 Å². The van der Waals surface area contributed by atoms with Crippen LogP contribution in [0.5, 0.6) is 0 Å². The van der Waals surface area contributed by atoms with Gasteiger partial charge in [0.1, 0.15) is 0 Å². The standard InChI is InChI=1S/C14H20N2O3S/c1-20(19)13-6-4-11(5-7-13)9-15-14(18)16-8-2-3-12(16)10-17/h4-7,12,17H,2-3,8-10H2,1H3,(H,15,18)/t12-,20?/m1/s1. The van der Waals surface area contributed by atoms with Gasteiger partial charge in [0.25, 0.3) is 0 Å². The molecule has 1 fully saturated rings. The topological polar surface area (TPSA) is 69.6 Å². The maximum atomic E-state index is 12.0. The lowest BCUT2D eigenvalue weighted by molar-refractivity contribution is 0.157. The van der Waals surface area contributed by atoms with E-state index in [2.05, 4.69) is 5.32 Å². The second kappa shape index (κ2) is 6.85. The van der Waals surface area contributed by atoms with Gasteiger partial charge < -0.3 is 15.3 Å². The minimum atomic E-state index is -0.981. The molecule has 110 valence electrons. The SMILES string of the molecule is CS(=O)c1ccc(CNC(=O)N2CCC[C@@H]2CO)cc1. The molecule has 1 saturated heterocycles. The van der Waals surface area contributed by atoms with Crippen LogP contribution in [0.3, 0.4) is 0 Å². The van der Waals surface area contributed by atoms with Crippen LogP contribution in [-0.2, 0) is 17.3 Å². The van der Waals surface area contributed by atoms with Crippen molar-refractivity contribution in [2.45, 2.75) is 30.3 Å². The highest BCUT2D eigenvalue weighted by molar-refractivity contribution is 7.84.